The van der Waals surface area contributed by atoms with E-state index < -0.39 is 11.7 Å². The fourth-order valence-electron chi connectivity index (χ4n) is 2.50. The molecule has 0 spiro atoms. The zero-order valence-corrected chi connectivity index (χ0v) is 17.3. The summed E-state index contributed by atoms with van der Waals surface area (Å²) in [6, 6.07) is 8.62. The molecule has 0 aliphatic heterocycles. The molecule has 2 amide bonds. The zero-order valence-electron chi connectivity index (χ0n) is 15.1. The van der Waals surface area contributed by atoms with E-state index >= 15 is 0 Å². The summed E-state index contributed by atoms with van der Waals surface area (Å²) in [5.74, 6) is -1.37. The second-order valence-electron chi connectivity index (χ2n) is 6.06. The maximum atomic E-state index is 13.8. The van der Waals surface area contributed by atoms with Crippen molar-refractivity contribution in [3.05, 3.63) is 57.3 Å². The second-order valence-corrected chi connectivity index (χ2v) is 7.34. The summed E-state index contributed by atoms with van der Waals surface area (Å²) in [5.41, 5.74) is 0.421. The van der Waals surface area contributed by atoms with Gasteiger partial charge in [-0.2, -0.15) is 0 Å². The van der Waals surface area contributed by atoms with E-state index in [4.69, 9.17) is 34.8 Å². The maximum absolute atomic E-state index is 13.8. The molecule has 28 heavy (non-hydrogen) atoms. The van der Waals surface area contributed by atoms with Crippen molar-refractivity contribution in [3.63, 3.8) is 0 Å². The van der Waals surface area contributed by atoms with Gasteiger partial charge in [0.1, 0.15) is 5.82 Å². The van der Waals surface area contributed by atoms with E-state index in [-0.39, 0.29) is 24.7 Å². The molecule has 2 aromatic carbocycles. The predicted molar refractivity (Wildman–Crippen MR) is 112 cm³/mol. The van der Waals surface area contributed by atoms with Crippen LogP contribution in [0.5, 0.6) is 0 Å². The Hall–Kier alpha value is -1.86. The van der Waals surface area contributed by atoms with E-state index in [0.29, 0.717) is 27.3 Å². The van der Waals surface area contributed by atoms with Crippen LogP contribution in [0, 0.1) is 5.82 Å². The monoisotopic (exact) mass is 445 g/mol. The third-order valence-corrected chi connectivity index (χ3v) is 4.46. The standard InChI is InChI=1S/C19H19Cl3FN3O2/c1-2-7-26(10-18(27)24-16-6-4-12(20)8-14(16)22)11-19(28)25-17-9-13(21)3-5-15(17)23/h3-6,8-9H,2,7,10-11H2,1H3,(H,24,27)(H,25,28). The molecule has 0 saturated carbocycles. The van der Waals surface area contributed by atoms with E-state index in [1.165, 1.54) is 24.3 Å². The van der Waals surface area contributed by atoms with Crippen LogP contribution in [0.1, 0.15) is 13.3 Å². The fraction of sp³-hybridized carbons (Fsp3) is 0.263. The van der Waals surface area contributed by atoms with Gasteiger partial charge in [0.05, 0.1) is 29.5 Å². The number of hydrogen-bond acceptors (Lipinski definition) is 3. The third kappa shape index (κ3) is 6.95. The smallest absolute Gasteiger partial charge is 0.238 e. The number of amides is 2. The van der Waals surface area contributed by atoms with Crippen molar-refractivity contribution in [2.75, 3.05) is 30.3 Å². The average molecular weight is 447 g/mol. The lowest BCUT2D eigenvalue weighted by Gasteiger charge is -2.21. The minimum absolute atomic E-state index is 0.00801. The van der Waals surface area contributed by atoms with Gasteiger partial charge in [-0.25, -0.2) is 4.39 Å². The first-order chi connectivity index (χ1) is 13.3. The zero-order chi connectivity index (χ0) is 20.7. The Bertz CT molecular complexity index is 864. The van der Waals surface area contributed by atoms with Crippen LogP contribution in [-0.4, -0.2) is 36.3 Å². The van der Waals surface area contributed by atoms with Crippen LogP contribution >= 0.6 is 34.8 Å². The number of anilines is 2. The summed E-state index contributed by atoms with van der Waals surface area (Å²) in [6.45, 7) is 2.32. The Labute approximate surface area is 177 Å². The van der Waals surface area contributed by atoms with E-state index in [1.54, 1.807) is 17.0 Å². The molecule has 0 saturated heterocycles. The third-order valence-electron chi connectivity index (χ3n) is 3.68. The van der Waals surface area contributed by atoms with E-state index in [1.807, 2.05) is 6.92 Å². The largest absolute Gasteiger partial charge is 0.324 e. The Morgan fingerprint density at radius 2 is 1.50 bits per heavy atom. The highest BCUT2D eigenvalue weighted by Crippen LogP contribution is 2.25. The van der Waals surface area contributed by atoms with E-state index in [2.05, 4.69) is 10.6 Å². The lowest BCUT2D eigenvalue weighted by Crippen LogP contribution is -2.39. The molecule has 0 aromatic heterocycles. The van der Waals surface area contributed by atoms with Crippen LogP contribution < -0.4 is 10.6 Å². The van der Waals surface area contributed by atoms with Gasteiger partial charge in [0.25, 0.3) is 0 Å². The highest BCUT2D eigenvalue weighted by molar-refractivity contribution is 6.36. The van der Waals surface area contributed by atoms with Crippen LogP contribution in [-0.2, 0) is 9.59 Å². The lowest BCUT2D eigenvalue weighted by atomic mass is 10.3. The molecule has 0 unspecified atom stereocenters. The molecule has 150 valence electrons. The van der Waals surface area contributed by atoms with Crippen molar-refractivity contribution in [1.82, 2.24) is 4.90 Å². The van der Waals surface area contributed by atoms with Gasteiger partial charge in [0.2, 0.25) is 11.8 Å². The van der Waals surface area contributed by atoms with E-state index in [9.17, 15) is 14.0 Å². The van der Waals surface area contributed by atoms with Crippen LogP contribution in [0.2, 0.25) is 15.1 Å². The number of nitrogens with zero attached hydrogens (tertiary/aromatic N) is 1. The molecule has 2 rings (SSSR count). The number of carbonyl (C=O) groups excluding carboxylic acids is 2. The highest BCUT2D eigenvalue weighted by atomic mass is 35.5. The lowest BCUT2D eigenvalue weighted by molar-refractivity contribution is -0.120. The van der Waals surface area contributed by atoms with Gasteiger partial charge in [0, 0.05) is 10.0 Å². The Morgan fingerprint density at radius 3 is 2.11 bits per heavy atom. The number of carbonyl (C=O) groups is 2. The van der Waals surface area contributed by atoms with Gasteiger partial charge in [-0.05, 0) is 49.4 Å². The van der Waals surface area contributed by atoms with Crippen molar-refractivity contribution in [1.29, 1.82) is 0 Å². The molecule has 2 N–H and O–H groups in total. The molecule has 0 fully saturated rings. The first kappa shape index (κ1) is 22.4. The van der Waals surface area contributed by atoms with Crippen LogP contribution in [0.4, 0.5) is 15.8 Å². The van der Waals surface area contributed by atoms with Crippen molar-refractivity contribution >= 4 is 58.0 Å². The van der Waals surface area contributed by atoms with Gasteiger partial charge in [-0.15, -0.1) is 0 Å². The minimum atomic E-state index is -0.588. The summed E-state index contributed by atoms with van der Waals surface area (Å²) >= 11 is 17.7. The fourth-order valence-corrected chi connectivity index (χ4v) is 3.13. The number of benzene rings is 2. The molecule has 5 nitrogen and oxygen atoms in total. The summed E-state index contributed by atoms with van der Waals surface area (Å²) in [4.78, 5) is 26.2. The van der Waals surface area contributed by atoms with E-state index in [0.717, 1.165) is 6.42 Å². The molecule has 0 heterocycles. The SMILES string of the molecule is CCCN(CC(=O)Nc1cc(Cl)ccc1F)CC(=O)Nc1ccc(Cl)cc1Cl. The van der Waals surface area contributed by atoms with Crippen molar-refractivity contribution in [3.8, 4) is 0 Å². The maximum Gasteiger partial charge on any atom is 0.238 e. The second kappa shape index (κ2) is 10.6. The first-order valence-corrected chi connectivity index (χ1v) is 9.64. The number of hydrogen-bond donors (Lipinski definition) is 2. The molecule has 0 radical (unpaired) electrons. The Balaban J connectivity index is 1.97. The van der Waals surface area contributed by atoms with Gasteiger partial charge in [-0.1, -0.05) is 41.7 Å². The summed E-state index contributed by atoms with van der Waals surface area (Å²) in [7, 11) is 0. The molecule has 0 bridgehead atoms. The normalized spacial score (nSPS) is 10.8. The molecule has 2 aromatic rings. The predicted octanol–water partition coefficient (Wildman–Crippen LogP) is 5.08. The summed E-state index contributed by atoms with van der Waals surface area (Å²) in [5, 5.41) is 6.24. The highest BCUT2D eigenvalue weighted by Gasteiger charge is 2.16. The van der Waals surface area contributed by atoms with Crippen LogP contribution in [0.15, 0.2) is 36.4 Å². The molecule has 0 aliphatic rings. The molecular weight excluding hydrogens is 428 g/mol. The van der Waals surface area contributed by atoms with Gasteiger partial charge < -0.3 is 10.6 Å². The van der Waals surface area contributed by atoms with Gasteiger partial charge >= 0.3 is 0 Å². The Morgan fingerprint density at radius 1 is 0.929 bits per heavy atom. The van der Waals surface area contributed by atoms with Crippen molar-refractivity contribution in [2.45, 2.75) is 13.3 Å². The van der Waals surface area contributed by atoms with Crippen molar-refractivity contribution in [2.24, 2.45) is 0 Å². The van der Waals surface area contributed by atoms with Gasteiger partial charge in [-0.3, -0.25) is 14.5 Å². The number of rotatable bonds is 8. The first-order valence-electron chi connectivity index (χ1n) is 8.50. The number of halogens is 4. The summed E-state index contributed by atoms with van der Waals surface area (Å²) < 4.78 is 13.8. The topological polar surface area (TPSA) is 61.4 Å². The summed E-state index contributed by atoms with van der Waals surface area (Å²) in [6.07, 6.45) is 0.730. The average Bonchev–Trinajstić information content (AvgIpc) is 2.60. The minimum Gasteiger partial charge on any atom is -0.324 e. The number of nitrogens with one attached hydrogen (secondary N) is 2. The molecule has 9 heteroatoms. The van der Waals surface area contributed by atoms with Gasteiger partial charge in [0.15, 0.2) is 0 Å². The molecule has 0 atom stereocenters. The quantitative estimate of drug-likeness (QED) is 0.595. The molecular formula is C19H19Cl3FN3O2. The van der Waals surface area contributed by atoms with Crippen molar-refractivity contribution < 1.29 is 14.0 Å². The van der Waals surface area contributed by atoms with Crippen LogP contribution in [0.3, 0.4) is 0 Å². The Kier molecular flexibility index (Phi) is 8.51. The molecule has 0 aliphatic carbocycles. The van der Waals surface area contributed by atoms with Crippen LogP contribution in [0.25, 0.3) is 0 Å².